The molecule has 0 spiro atoms. The molecule has 0 saturated heterocycles. The molecule has 0 radical (unpaired) electrons. The van der Waals surface area contributed by atoms with Crippen LogP contribution in [0.25, 0.3) is 11.0 Å². The van der Waals surface area contributed by atoms with Crippen LogP contribution in [0.4, 0.5) is 5.69 Å². The van der Waals surface area contributed by atoms with Crippen LogP contribution < -0.4 is 10.1 Å². The highest BCUT2D eigenvalue weighted by Crippen LogP contribution is 2.23. The number of ether oxygens (including phenoxy) is 1. The highest BCUT2D eigenvalue weighted by Gasteiger charge is 2.09. The lowest BCUT2D eigenvalue weighted by Crippen LogP contribution is -2.11. The summed E-state index contributed by atoms with van der Waals surface area (Å²) < 4.78 is 5.79. The van der Waals surface area contributed by atoms with Crippen LogP contribution in [0.5, 0.6) is 11.5 Å². The minimum absolute atomic E-state index is 0.206. The van der Waals surface area contributed by atoms with Gasteiger partial charge >= 0.3 is 0 Å². The number of hydrogen-bond donors (Lipinski definition) is 2. The summed E-state index contributed by atoms with van der Waals surface area (Å²) in [6.07, 6.45) is 0. The number of H-pyrrole nitrogens is 1. The van der Waals surface area contributed by atoms with Crippen LogP contribution in [-0.2, 0) is 0 Å². The van der Waals surface area contributed by atoms with Crippen LogP contribution in [0.15, 0.2) is 66.7 Å². The first-order valence-corrected chi connectivity index (χ1v) is 8.14. The van der Waals surface area contributed by atoms with E-state index < -0.39 is 0 Å². The predicted molar refractivity (Wildman–Crippen MR) is 99.5 cm³/mol. The summed E-state index contributed by atoms with van der Waals surface area (Å²) in [7, 11) is 0. The Kier molecular flexibility index (Phi) is 4.07. The monoisotopic (exact) mass is 344 g/mol. The van der Waals surface area contributed by atoms with Crippen molar-refractivity contribution in [3.05, 3.63) is 77.9 Å². The summed E-state index contributed by atoms with van der Waals surface area (Å²) in [4.78, 5) is 12.4. The van der Waals surface area contributed by atoms with E-state index >= 15 is 0 Å². The number of aryl methyl sites for hydroxylation is 1. The number of hydrogen-bond acceptors (Lipinski definition) is 4. The molecule has 4 rings (SSSR count). The van der Waals surface area contributed by atoms with E-state index in [1.165, 1.54) is 5.56 Å². The number of carbonyl (C=O) groups excluding carboxylic acids is 1. The van der Waals surface area contributed by atoms with Crippen LogP contribution >= 0.6 is 0 Å². The maximum atomic E-state index is 12.4. The van der Waals surface area contributed by atoms with Crippen molar-refractivity contribution in [1.29, 1.82) is 0 Å². The first-order valence-electron chi connectivity index (χ1n) is 8.14. The molecule has 0 aliphatic carbocycles. The van der Waals surface area contributed by atoms with Gasteiger partial charge in [-0.25, -0.2) is 0 Å². The van der Waals surface area contributed by atoms with Crippen molar-refractivity contribution < 1.29 is 9.53 Å². The van der Waals surface area contributed by atoms with Gasteiger partial charge in [-0.2, -0.15) is 15.4 Å². The van der Waals surface area contributed by atoms with E-state index in [9.17, 15) is 4.79 Å². The molecule has 1 amide bonds. The van der Waals surface area contributed by atoms with Gasteiger partial charge in [-0.1, -0.05) is 17.7 Å². The molecule has 0 saturated carbocycles. The van der Waals surface area contributed by atoms with Crippen molar-refractivity contribution in [2.24, 2.45) is 0 Å². The maximum Gasteiger partial charge on any atom is 0.255 e. The van der Waals surface area contributed by atoms with Crippen LogP contribution in [0.3, 0.4) is 0 Å². The molecule has 0 aliphatic heterocycles. The molecular weight excluding hydrogens is 328 g/mol. The summed E-state index contributed by atoms with van der Waals surface area (Å²) in [6, 6.07) is 20.2. The molecule has 4 aromatic rings. The van der Waals surface area contributed by atoms with Gasteiger partial charge in [0, 0.05) is 11.3 Å². The van der Waals surface area contributed by atoms with Crippen molar-refractivity contribution in [3.8, 4) is 11.5 Å². The molecule has 1 heterocycles. The van der Waals surface area contributed by atoms with Gasteiger partial charge in [0.2, 0.25) is 0 Å². The fourth-order valence-electron chi connectivity index (χ4n) is 2.53. The Bertz CT molecular complexity index is 1050. The fourth-order valence-corrected chi connectivity index (χ4v) is 2.53. The van der Waals surface area contributed by atoms with Crippen LogP contribution in [0.2, 0.25) is 0 Å². The minimum atomic E-state index is -0.206. The number of nitrogens with zero attached hydrogens (tertiary/aromatic N) is 2. The minimum Gasteiger partial charge on any atom is -0.457 e. The Morgan fingerprint density at radius 3 is 2.27 bits per heavy atom. The number of aromatic amines is 1. The van der Waals surface area contributed by atoms with Gasteiger partial charge in [-0.3, -0.25) is 4.79 Å². The van der Waals surface area contributed by atoms with E-state index in [2.05, 4.69) is 20.7 Å². The SMILES string of the molecule is Cc1ccc(Oc2ccc(NC(=O)c3ccc4n[nH]nc4c3)cc2)cc1. The molecule has 2 N–H and O–H groups in total. The zero-order valence-corrected chi connectivity index (χ0v) is 14.1. The van der Waals surface area contributed by atoms with Crippen molar-refractivity contribution >= 4 is 22.6 Å². The van der Waals surface area contributed by atoms with Crippen molar-refractivity contribution in [1.82, 2.24) is 15.4 Å². The average Bonchev–Trinajstić information content (AvgIpc) is 3.13. The molecule has 128 valence electrons. The Balaban J connectivity index is 1.44. The molecule has 26 heavy (non-hydrogen) atoms. The fraction of sp³-hybridized carbons (Fsp3) is 0.0500. The molecule has 0 unspecified atom stereocenters. The molecular formula is C20H16N4O2. The largest absolute Gasteiger partial charge is 0.457 e. The van der Waals surface area contributed by atoms with Crippen LogP contribution in [0, 0.1) is 6.92 Å². The zero-order valence-electron chi connectivity index (χ0n) is 14.1. The van der Waals surface area contributed by atoms with E-state index in [1.54, 1.807) is 30.3 Å². The number of benzene rings is 3. The first-order chi connectivity index (χ1) is 12.7. The second-order valence-corrected chi connectivity index (χ2v) is 5.92. The predicted octanol–water partition coefficient (Wildman–Crippen LogP) is 4.31. The topological polar surface area (TPSA) is 79.9 Å². The number of aromatic nitrogens is 3. The standard InChI is InChI=1S/C20H16N4O2/c1-13-2-7-16(8-3-13)26-17-9-5-15(6-10-17)21-20(25)14-4-11-18-19(12-14)23-24-22-18/h2-12H,1H3,(H,21,25)(H,22,23,24). The van der Waals surface area contributed by atoms with Gasteiger partial charge in [0.15, 0.2) is 0 Å². The third-order valence-electron chi connectivity index (χ3n) is 3.95. The lowest BCUT2D eigenvalue weighted by molar-refractivity contribution is 0.102. The summed E-state index contributed by atoms with van der Waals surface area (Å²) in [5.41, 5.74) is 3.76. The molecule has 0 bridgehead atoms. The van der Waals surface area contributed by atoms with E-state index in [4.69, 9.17) is 4.74 Å². The molecule has 6 nitrogen and oxygen atoms in total. The highest BCUT2D eigenvalue weighted by atomic mass is 16.5. The van der Waals surface area contributed by atoms with Gasteiger partial charge in [0.05, 0.1) is 0 Å². The summed E-state index contributed by atoms with van der Waals surface area (Å²) in [5.74, 6) is 1.27. The Labute approximate surface area is 149 Å². The molecule has 0 aliphatic rings. The quantitative estimate of drug-likeness (QED) is 0.578. The van der Waals surface area contributed by atoms with Gasteiger partial charge in [-0.05, 0) is 61.5 Å². The lowest BCUT2D eigenvalue weighted by atomic mass is 10.2. The van der Waals surface area contributed by atoms with Crippen molar-refractivity contribution in [2.75, 3.05) is 5.32 Å². The number of amides is 1. The van der Waals surface area contributed by atoms with Gasteiger partial charge in [-0.15, -0.1) is 0 Å². The van der Waals surface area contributed by atoms with Gasteiger partial charge < -0.3 is 10.1 Å². The maximum absolute atomic E-state index is 12.4. The van der Waals surface area contributed by atoms with Crippen molar-refractivity contribution in [3.63, 3.8) is 0 Å². The Morgan fingerprint density at radius 2 is 1.54 bits per heavy atom. The molecule has 1 aromatic heterocycles. The van der Waals surface area contributed by atoms with Gasteiger partial charge in [0.1, 0.15) is 22.5 Å². The number of fused-ring (bicyclic) bond motifs is 1. The molecule has 0 atom stereocenters. The summed E-state index contributed by atoms with van der Waals surface area (Å²) in [6.45, 7) is 2.03. The molecule has 3 aromatic carbocycles. The normalized spacial score (nSPS) is 10.7. The summed E-state index contributed by atoms with van der Waals surface area (Å²) >= 11 is 0. The molecule has 0 fully saturated rings. The zero-order chi connectivity index (χ0) is 17.9. The summed E-state index contributed by atoms with van der Waals surface area (Å²) in [5, 5.41) is 13.4. The number of carbonyl (C=O) groups is 1. The second-order valence-electron chi connectivity index (χ2n) is 5.92. The number of nitrogens with one attached hydrogen (secondary N) is 2. The van der Waals surface area contributed by atoms with Crippen LogP contribution in [0.1, 0.15) is 15.9 Å². The third-order valence-corrected chi connectivity index (χ3v) is 3.95. The third kappa shape index (κ3) is 3.39. The van der Waals surface area contributed by atoms with E-state index in [1.807, 2.05) is 43.3 Å². The highest BCUT2D eigenvalue weighted by molar-refractivity contribution is 6.05. The second kappa shape index (κ2) is 6.68. The number of rotatable bonds is 4. The van der Waals surface area contributed by atoms with Gasteiger partial charge in [0.25, 0.3) is 5.91 Å². The average molecular weight is 344 g/mol. The smallest absolute Gasteiger partial charge is 0.255 e. The van der Waals surface area contributed by atoms with E-state index in [0.717, 1.165) is 11.3 Å². The number of anilines is 1. The van der Waals surface area contributed by atoms with E-state index in [0.29, 0.717) is 22.5 Å². The Hall–Kier alpha value is -3.67. The first kappa shape index (κ1) is 15.8. The lowest BCUT2D eigenvalue weighted by Gasteiger charge is -2.08. The Morgan fingerprint density at radius 1 is 0.885 bits per heavy atom. The molecule has 6 heteroatoms. The van der Waals surface area contributed by atoms with Crippen molar-refractivity contribution in [2.45, 2.75) is 6.92 Å². The van der Waals surface area contributed by atoms with Crippen LogP contribution in [-0.4, -0.2) is 21.3 Å². The van der Waals surface area contributed by atoms with E-state index in [-0.39, 0.29) is 5.91 Å².